The quantitative estimate of drug-likeness (QED) is 0.690. The Labute approximate surface area is 92.7 Å². The number of hydrogen-bond donors (Lipinski definition) is 2. The third-order valence-corrected chi connectivity index (χ3v) is 2.60. The van der Waals surface area contributed by atoms with E-state index in [9.17, 15) is 4.79 Å². The molecule has 2 aliphatic heterocycles. The number of fused-ring (bicyclic) bond motifs is 2. The van der Waals surface area contributed by atoms with Crippen molar-refractivity contribution < 1.29 is 14.3 Å². The highest BCUT2D eigenvalue weighted by Crippen LogP contribution is 2.38. The standard InChI is InChI=1S/C11H12N2O3/c14-11-6-12-7-4-9-10(5-8(7)13-11)16-3-1-2-15-9/h4-5,12H,1-3,6H2,(H,13,14). The van der Waals surface area contributed by atoms with Gasteiger partial charge in [-0.2, -0.15) is 0 Å². The highest BCUT2D eigenvalue weighted by atomic mass is 16.5. The average Bonchev–Trinajstić information content (AvgIpc) is 2.50. The first-order valence-electron chi connectivity index (χ1n) is 5.30. The second-order valence-corrected chi connectivity index (χ2v) is 3.80. The van der Waals surface area contributed by atoms with Crippen molar-refractivity contribution >= 4 is 17.3 Å². The van der Waals surface area contributed by atoms with Gasteiger partial charge in [-0.05, 0) is 0 Å². The first-order valence-corrected chi connectivity index (χ1v) is 5.30. The predicted octanol–water partition coefficient (Wildman–Crippen LogP) is 1.21. The van der Waals surface area contributed by atoms with E-state index in [4.69, 9.17) is 9.47 Å². The summed E-state index contributed by atoms with van der Waals surface area (Å²) in [5.41, 5.74) is 1.63. The van der Waals surface area contributed by atoms with Gasteiger partial charge in [0.15, 0.2) is 11.5 Å². The second kappa shape index (κ2) is 3.59. The number of carbonyl (C=O) groups excluding carboxylic acids is 1. The lowest BCUT2D eigenvalue weighted by Crippen LogP contribution is -2.27. The third-order valence-electron chi connectivity index (χ3n) is 2.60. The molecule has 0 bridgehead atoms. The molecule has 0 saturated carbocycles. The minimum Gasteiger partial charge on any atom is -0.489 e. The molecule has 0 unspecified atom stereocenters. The van der Waals surface area contributed by atoms with E-state index in [-0.39, 0.29) is 5.91 Å². The van der Waals surface area contributed by atoms with Crippen LogP contribution in [-0.4, -0.2) is 25.7 Å². The maximum atomic E-state index is 11.2. The van der Waals surface area contributed by atoms with Crippen LogP contribution in [0.5, 0.6) is 11.5 Å². The molecule has 1 aromatic rings. The fourth-order valence-electron chi connectivity index (χ4n) is 1.83. The van der Waals surface area contributed by atoms with Crippen molar-refractivity contribution in [3.8, 4) is 11.5 Å². The van der Waals surface area contributed by atoms with Crippen molar-refractivity contribution in [1.29, 1.82) is 0 Å². The van der Waals surface area contributed by atoms with Crippen LogP contribution in [0.15, 0.2) is 12.1 Å². The molecule has 0 fully saturated rings. The number of anilines is 2. The summed E-state index contributed by atoms with van der Waals surface area (Å²) in [7, 11) is 0. The van der Waals surface area contributed by atoms with Gasteiger partial charge in [-0.15, -0.1) is 0 Å². The van der Waals surface area contributed by atoms with Crippen molar-refractivity contribution in [3.63, 3.8) is 0 Å². The summed E-state index contributed by atoms with van der Waals surface area (Å²) in [6, 6.07) is 3.68. The Bertz CT molecular complexity index is 445. The molecule has 2 aliphatic rings. The minimum atomic E-state index is -0.0398. The second-order valence-electron chi connectivity index (χ2n) is 3.80. The zero-order chi connectivity index (χ0) is 11.0. The van der Waals surface area contributed by atoms with Crippen LogP contribution in [0.2, 0.25) is 0 Å². The Balaban J connectivity index is 2.02. The number of benzene rings is 1. The SMILES string of the molecule is O=C1CNc2cc3c(cc2N1)OCCCO3. The fourth-order valence-corrected chi connectivity index (χ4v) is 1.83. The maximum absolute atomic E-state index is 11.2. The maximum Gasteiger partial charge on any atom is 0.243 e. The number of ether oxygens (including phenoxy) is 2. The van der Waals surface area contributed by atoms with Crippen molar-refractivity contribution in [2.24, 2.45) is 0 Å². The van der Waals surface area contributed by atoms with Gasteiger partial charge < -0.3 is 20.1 Å². The van der Waals surface area contributed by atoms with Gasteiger partial charge in [0.25, 0.3) is 0 Å². The van der Waals surface area contributed by atoms with Gasteiger partial charge in [-0.3, -0.25) is 4.79 Å². The van der Waals surface area contributed by atoms with Crippen LogP contribution in [0.4, 0.5) is 11.4 Å². The van der Waals surface area contributed by atoms with Crippen LogP contribution in [0.3, 0.4) is 0 Å². The molecule has 5 nitrogen and oxygen atoms in total. The van der Waals surface area contributed by atoms with E-state index >= 15 is 0 Å². The number of carbonyl (C=O) groups is 1. The monoisotopic (exact) mass is 220 g/mol. The van der Waals surface area contributed by atoms with Gasteiger partial charge in [0.2, 0.25) is 5.91 Å². The van der Waals surface area contributed by atoms with E-state index < -0.39 is 0 Å². The lowest BCUT2D eigenvalue weighted by Gasteiger charge is -2.20. The van der Waals surface area contributed by atoms with E-state index in [1.807, 2.05) is 6.07 Å². The molecule has 0 aliphatic carbocycles. The molecular formula is C11H12N2O3. The van der Waals surface area contributed by atoms with Crippen LogP contribution in [-0.2, 0) is 4.79 Å². The van der Waals surface area contributed by atoms with Gasteiger partial charge in [0.1, 0.15) is 0 Å². The molecule has 0 saturated heterocycles. The summed E-state index contributed by atoms with van der Waals surface area (Å²) in [4.78, 5) is 11.2. The zero-order valence-electron chi connectivity index (χ0n) is 8.71. The molecule has 1 aromatic carbocycles. The molecule has 3 rings (SSSR count). The highest BCUT2D eigenvalue weighted by molar-refractivity contribution is 6.01. The Morgan fingerprint density at radius 1 is 1.06 bits per heavy atom. The van der Waals surface area contributed by atoms with Gasteiger partial charge in [-0.1, -0.05) is 0 Å². The van der Waals surface area contributed by atoms with Crippen LogP contribution in [0.1, 0.15) is 6.42 Å². The van der Waals surface area contributed by atoms with Gasteiger partial charge in [-0.25, -0.2) is 0 Å². The third kappa shape index (κ3) is 1.54. The molecule has 84 valence electrons. The molecule has 0 radical (unpaired) electrons. The summed E-state index contributed by atoms with van der Waals surface area (Å²) in [6.07, 6.45) is 0.874. The number of nitrogens with one attached hydrogen (secondary N) is 2. The smallest absolute Gasteiger partial charge is 0.243 e. The molecule has 1 amide bonds. The van der Waals surface area contributed by atoms with Crippen LogP contribution in [0, 0.1) is 0 Å². The zero-order valence-corrected chi connectivity index (χ0v) is 8.71. The van der Waals surface area contributed by atoms with Gasteiger partial charge in [0.05, 0.1) is 31.1 Å². The normalized spacial score (nSPS) is 17.9. The van der Waals surface area contributed by atoms with Crippen molar-refractivity contribution in [1.82, 2.24) is 0 Å². The fraction of sp³-hybridized carbons (Fsp3) is 0.364. The largest absolute Gasteiger partial charge is 0.489 e. The Morgan fingerprint density at radius 2 is 1.75 bits per heavy atom. The summed E-state index contributed by atoms with van der Waals surface area (Å²) in [5, 5.41) is 5.83. The predicted molar refractivity (Wildman–Crippen MR) is 59.2 cm³/mol. The molecule has 2 heterocycles. The van der Waals surface area contributed by atoms with Crippen molar-refractivity contribution in [3.05, 3.63) is 12.1 Å². The topological polar surface area (TPSA) is 59.6 Å². The number of rotatable bonds is 0. The molecule has 16 heavy (non-hydrogen) atoms. The van der Waals surface area contributed by atoms with Gasteiger partial charge >= 0.3 is 0 Å². The first-order chi connectivity index (χ1) is 7.83. The molecule has 0 atom stereocenters. The van der Waals surface area contributed by atoms with Crippen LogP contribution in [0.25, 0.3) is 0 Å². The van der Waals surface area contributed by atoms with Crippen molar-refractivity contribution in [2.45, 2.75) is 6.42 Å². The Morgan fingerprint density at radius 3 is 2.50 bits per heavy atom. The molecule has 2 N–H and O–H groups in total. The van der Waals surface area contributed by atoms with Crippen molar-refractivity contribution in [2.75, 3.05) is 30.4 Å². The first kappa shape index (κ1) is 9.33. The van der Waals surface area contributed by atoms with E-state index in [0.29, 0.717) is 25.5 Å². The lowest BCUT2D eigenvalue weighted by atomic mass is 10.2. The number of hydrogen-bond acceptors (Lipinski definition) is 4. The van der Waals surface area contributed by atoms with E-state index in [2.05, 4.69) is 10.6 Å². The summed E-state index contributed by atoms with van der Waals surface area (Å²) >= 11 is 0. The average molecular weight is 220 g/mol. The van der Waals surface area contributed by atoms with Crippen LogP contribution < -0.4 is 20.1 Å². The van der Waals surface area contributed by atoms with Crippen LogP contribution >= 0.6 is 0 Å². The van der Waals surface area contributed by atoms with E-state index in [1.165, 1.54) is 0 Å². The molecular weight excluding hydrogens is 208 g/mol. The van der Waals surface area contributed by atoms with E-state index in [1.54, 1.807) is 6.07 Å². The Hall–Kier alpha value is -1.91. The molecule has 0 aromatic heterocycles. The molecule has 5 heteroatoms. The minimum absolute atomic E-state index is 0.0398. The summed E-state index contributed by atoms with van der Waals surface area (Å²) in [6.45, 7) is 1.61. The lowest BCUT2D eigenvalue weighted by molar-refractivity contribution is -0.114. The Kier molecular flexibility index (Phi) is 2.09. The summed E-state index contributed by atoms with van der Waals surface area (Å²) in [5.74, 6) is 1.39. The summed E-state index contributed by atoms with van der Waals surface area (Å²) < 4.78 is 11.1. The molecule has 0 spiro atoms. The van der Waals surface area contributed by atoms with E-state index in [0.717, 1.165) is 23.5 Å². The van der Waals surface area contributed by atoms with Gasteiger partial charge in [0, 0.05) is 18.6 Å². The number of amides is 1. The highest BCUT2D eigenvalue weighted by Gasteiger charge is 2.19.